The monoisotopic (exact) mass is 486 g/mol. The maximum absolute atomic E-state index is 13.7. The third kappa shape index (κ3) is 5.01. The summed E-state index contributed by atoms with van der Waals surface area (Å²) in [7, 11) is 0. The lowest BCUT2D eigenvalue weighted by Crippen LogP contribution is -2.14. The van der Waals surface area contributed by atoms with Crippen LogP contribution in [0.1, 0.15) is 39.9 Å². The number of aryl methyl sites for hydroxylation is 1. The smallest absolute Gasteiger partial charge is 0.368 e. The Bertz CT molecular complexity index is 1560. The molecule has 1 amide bonds. The molecule has 1 fully saturated rings. The molecule has 0 radical (unpaired) electrons. The van der Waals surface area contributed by atoms with Gasteiger partial charge in [-0.15, -0.1) is 0 Å². The van der Waals surface area contributed by atoms with E-state index in [0.29, 0.717) is 11.1 Å². The highest BCUT2D eigenvalue weighted by Crippen LogP contribution is 2.35. The summed E-state index contributed by atoms with van der Waals surface area (Å²) >= 11 is 0. The number of anilines is 2. The van der Waals surface area contributed by atoms with E-state index >= 15 is 0 Å². The predicted molar refractivity (Wildman–Crippen MR) is 133 cm³/mol. The molecular weight excluding hydrogens is 465 g/mol. The van der Waals surface area contributed by atoms with Crippen molar-refractivity contribution < 1.29 is 18.0 Å². The molecule has 0 saturated heterocycles. The predicted octanol–water partition coefficient (Wildman–Crippen LogP) is 6.22. The summed E-state index contributed by atoms with van der Waals surface area (Å²) in [6, 6.07) is 14.4. The van der Waals surface area contributed by atoms with Crippen molar-refractivity contribution >= 4 is 28.4 Å². The zero-order chi connectivity index (χ0) is 25.4. The number of hydrogen-bond acceptors (Lipinski definition) is 4. The number of nitrogen functional groups attached to an aromatic ring is 1. The largest absolute Gasteiger partial charge is 0.417 e. The third-order valence-corrected chi connectivity index (χ3v) is 5.98. The Kier molecular flexibility index (Phi) is 5.84. The van der Waals surface area contributed by atoms with E-state index < -0.39 is 17.6 Å². The number of nitrogens with zero attached hydrogens (tertiary/aromatic N) is 2. The van der Waals surface area contributed by atoms with E-state index in [2.05, 4.69) is 27.1 Å². The summed E-state index contributed by atoms with van der Waals surface area (Å²) in [5.41, 5.74) is 8.34. The fourth-order valence-corrected chi connectivity index (χ4v) is 3.87. The fourth-order valence-electron chi connectivity index (χ4n) is 3.87. The minimum Gasteiger partial charge on any atom is -0.368 e. The van der Waals surface area contributed by atoms with Gasteiger partial charge in [-0.1, -0.05) is 24.0 Å². The topological polar surface area (TPSA) is 80.9 Å². The first-order valence-electron chi connectivity index (χ1n) is 11.3. The molecule has 1 aliphatic carbocycles. The Labute approximate surface area is 205 Å². The van der Waals surface area contributed by atoms with Gasteiger partial charge in [0.05, 0.1) is 11.1 Å². The molecule has 180 valence electrons. The Morgan fingerprint density at radius 3 is 2.64 bits per heavy atom. The zero-order valence-corrected chi connectivity index (χ0v) is 19.3. The first-order chi connectivity index (χ1) is 17.2. The Hall–Kier alpha value is -4.38. The van der Waals surface area contributed by atoms with E-state index in [9.17, 15) is 18.0 Å². The van der Waals surface area contributed by atoms with Gasteiger partial charge in [0.15, 0.2) is 0 Å². The molecule has 1 aromatic heterocycles. The standard InChI is InChI=1S/C28H21F3N4O/c1-16-2-6-20(13-23(16)19-9-11-25-21(12-19)15-33-27(32)35-25)26(36)34-22-10-8-18(7-5-17-3-4-17)24(14-22)28(29,30)31/h2,6,8-15,17H,3-4H2,1H3,(H,34,36)(H2,32,33,35). The van der Waals surface area contributed by atoms with Crippen LogP contribution < -0.4 is 11.1 Å². The molecule has 1 aliphatic rings. The lowest BCUT2D eigenvalue weighted by Gasteiger charge is -2.13. The van der Waals surface area contributed by atoms with E-state index in [1.165, 1.54) is 12.1 Å². The summed E-state index contributed by atoms with van der Waals surface area (Å²) < 4.78 is 41.0. The maximum Gasteiger partial charge on any atom is 0.417 e. The highest BCUT2D eigenvalue weighted by Gasteiger charge is 2.33. The second-order valence-electron chi connectivity index (χ2n) is 8.79. The van der Waals surface area contributed by atoms with Crippen molar-refractivity contribution in [2.75, 3.05) is 11.1 Å². The second kappa shape index (κ2) is 9.00. The number of hydrogen-bond donors (Lipinski definition) is 2. The number of nitrogens with two attached hydrogens (primary N) is 1. The van der Waals surface area contributed by atoms with Crippen LogP contribution in [-0.4, -0.2) is 15.9 Å². The van der Waals surface area contributed by atoms with Crippen LogP contribution in [0.2, 0.25) is 0 Å². The van der Waals surface area contributed by atoms with E-state index in [1.54, 1.807) is 24.4 Å². The quantitative estimate of drug-likeness (QED) is 0.337. The number of fused-ring (bicyclic) bond motifs is 1. The molecule has 0 atom stereocenters. The van der Waals surface area contributed by atoms with Gasteiger partial charge in [0, 0.05) is 34.3 Å². The van der Waals surface area contributed by atoms with Gasteiger partial charge >= 0.3 is 6.18 Å². The average molecular weight is 486 g/mol. The van der Waals surface area contributed by atoms with Crippen LogP contribution in [0.4, 0.5) is 24.8 Å². The van der Waals surface area contributed by atoms with E-state index in [4.69, 9.17) is 5.73 Å². The van der Waals surface area contributed by atoms with Gasteiger partial charge in [-0.05, 0) is 78.9 Å². The average Bonchev–Trinajstić information content (AvgIpc) is 3.67. The number of halogens is 3. The molecule has 0 unspecified atom stereocenters. The van der Waals surface area contributed by atoms with Gasteiger partial charge < -0.3 is 11.1 Å². The number of benzene rings is 3. The molecule has 5 nitrogen and oxygen atoms in total. The fraction of sp³-hybridized carbons (Fsp3) is 0.179. The van der Waals surface area contributed by atoms with Gasteiger partial charge in [-0.2, -0.15) is 13.2 Å². The van der Waals surface area contributed by atoms with E-state index in [-0.39, 0.29) is 23.1 Å². The van der Waals surface area contributed by atoms with Gasteiger partial charge in [-0.25, -0.2) is 9.97 Å². The second-order valence-corrected chi connectivity index (χ2v) is 8.79. The minimum absolute atomic E-state index is 0.0480. The summed E-state index contributed by atoms with van der Waals surface area (Å²) in [6.07, 6.45) is -1.12. The number of nitrogens with one attached hydrogen (secondary N) is 1. The van der Waals surface area contributed by atoms with Crippen molar-refractivity contribution in [2.45, 2.75) is 25.9 Å². The van der Waals surface area contributed by atoms with Crippen molar-refractivity contribution in [3.8, 4) is 23.0 Å². The zero-order valence-electron chi connectivity index (χ0n) is 19.3. The van der Waals surface area contributed by atoms with Crippen LogP contribution in [0.5, 0.6) is 0 Å². The van der Waals surface area contributed by atoms with Crippen LogP contribution in [0.15, 0.2) is 60.8 Å². The third-order valence-electron chi connectivity index (χ3n) is 5.98. The molecule has 1 heterocycles. The highest BCUT2D eigenvalue weighted by atomic mass is 19.4. The number of aromatic nitrogens is 2. The summed E-state index contributed by atoms with van der Waals surface area (Å²) in [5, 5.41) is 3.38. The number of rotatable bonds is 3. The Morgan fingerprint density at radius 2 is 1.89 bits per heavy atom. The molecule has 8 heteroatoms. The van der Waals surface area contributed by atoms with Crippen LogP contribution in [0.3, 0.4) is 0 Å². The molecular formula is C28H21F3N4O. The lowest BCUT2D eigenvalue weighted by atomic mass is 9.97. The molecule has 3 aromatic carbocycles. The normalized spacial score (nSPS) is 13.2. The first kappa shape index (κ1) is 23.4. The number of amides is 1. The number of carbonyl (C=O) groups excluding carboxylic acids is 1. The lowest BCUT2D eigenvalue weighted by molar-refractivity contribution is -0.137. The van der Waals surface area contributed by atoms with Crippen molar-refractivity contribution in [1.29, 1.82) is 0 Å². The SMILES string of the molecule is Cc1ccc(C(=O)Nc2ccc(C#CC3CC3)c(C(F)(F)F)c2)cc1-c1ccc2nc(N)ncc2c1. The highest BCUT2D eigenvalue weighted by molar-refractivity contribution is 6.05. The Morgan fingerprint density at radius 1 is 1.08 bits per heavy atom. The van der Waals surface area contributed by atoms with Crippen molar-refractivity contribution in [3.05, 3.63) is 83.0 Å². The van der Waals surface area contributed by atoms with Gasteiger partial charge in [0.25, 0.3) is 5.91 Å². The van der Waals surface area contributed by atoms with E-state index in [1.807, 2.05) is 25.1 Å². The van der Waals surface area contributed by atoms with Crippen molar-refractivity contribution in [1.82, 2.24) is 9.97 Å². The molecule has 3 N–H and O–H groups in total. The molecule has 36 heavy (non-hydrogen) atoms. The molecule has 0 bridgehead atoms. The number of alkyl halides is 3. The summed E-state index contributed by atoms with van der Waals surface area (Å²) in [6.45, 7) is 1.91. The maximum atomic E-state index is 13.7. The minimum atomic E-state index is -4.59. The van der Waals surface area contributed by atoms with Gasteiger partial charge in [0.1, 0.15) is 0 Å². The molecule has 4 aromatic rings. The number of carbonyl (C=O) groups is 1. The van der Waals surface area contributed by atoms with Crippen LogP contribution in [0.25, 0.3) is 22.0 Å². The first-order valence-corrected chi connectivity index (χ1v) is 11.3. The molecule has 0 aliphatic heterocycles. The summed E-state index contributed by atoms with van der Waals surface area (Å²) in [5.74, 6) is 5.35. The van der Waals surface area contributed by atoms with Crippen molar-refractivity contribution in [3.63, 3.8) is 0 Å². The Balaban J connectivity index is 1.43. The molecule has 5 rings (SSSR count). The van der Waals surface area contributed by atoms with Crippen LogP contribution >= 0.6 is 0 Å². The van der Waals surface area contributed by atoms with E-state index in [0.717, 1.165) is 41.0 Å². The van der Waals surface area contributed by atoms with Gasteiger partial charge in [0.2, 0.25) is 5.95 Å². The molecule has 0 spiro atoms. The van der Waals surface area contributed by atoms with Crippen LogP contribution in [0, 0.1) is 24.7 Å². The molecule has 1 saturated carbocycles. The summed E-state index contributed by atoms with van der Waals surface area (Å²) in [4.78, 5) is 21.2. The van der Waals surface area contributed by atoms with Crippen LogP contribution in [-0.2, 0) is 6.18 Å². The van der Waals surface area contributed by atoms with Gasteiger partial charge in [-0.3, -0.25) is 4.79 Å². The van der Waals surface area contributed by atoms with Crippen molar-refractivity contribution in [2.24, 2.45) is 5.92 Å².